The Labute approximate surface area is 134 Å². The Kier molecular flexibility index (Phi) is 3.69. The van der Waals surface area contributed by atoms with Crippen molar-refractivity contribution in [2.45, 2.75) is 16.7 Å². The molecule has 1 heterocycles. The fourth-order valence-corrected chi connectivity index (χ4v) is 3.85. The summed E-state index contributed by atoms with van der Waals surface area (Å²) < 4.78 is 36.0. The molecule has 0 aromatic heterocycles. The maximum Gasteiger partial charge on any atom is 0.338 e. The topological polar surface area (TPSA) is 69.7 Å². The van der Waals surface area contributed by atoms with E-state index in [2.05, 4.69) is 6.58 Å². The number of hydrogen-bond acceptors (Lipinski definition) is 5. The third-order valence-electron chi connectivity index (χ3n) is 3.46. The van der Waals surface area contributed by atoms with Crippen molar-refractivity contribution in [3.63, 3.8) is 0 Å². The zero-order chi connectivity index (χ0) is 16.6. The zero-order valence-corrected chi connectivity index (χ0v) is 13.2. The van der Waals surface area contributed by atoms with E-state index in [-0.39, 0.29) is 33.5 Å². The van der Waals surface area contributed by atoms with Crippen molar-refractivity contribution >= 4 is 21.4 Å². The van der Waals surface area contributed by atoms with Gasteiger partial charge in [0.15, 0.2) is 0 Å². The molecule has 2 aromatic carbocycles. The molecule has 0 saturated carbocycles. The Morgan fingerprint density at radius 2 is 1.83 bits per heavy atom. The molecule has 0 atom stereocenters. The minimum Gasteiger partial charge on any atom is -0.462 e. The van der Waals surface area contributed by atoms with Gasteiger partial charge >= 0.3 is 5.97 Å². The summed E-state index contributed by atoms with van der Waals surface area (Å²) in [5.74, 6) is -0.0666. The van der Waals surface area contributed by atoms with E-state index in [9.17, 15) is 13.2 Å². The first-order valence-corrected chi connectivity index (χ1v) is 8.46. The number of rotatable bonds is 3. The number of fused-ring (bicyclic) bond motifs is 2. The van der Waals surface area contributed by atoms with Gasteiger partial charge in [-0.2, -0.15) is 0 Å². The molecule has 6 heteroatoms. The van der Waals surface area contributed by atoms with Gasteiger partial charge in [-0.3, -0.25) is 0 Å². The molecule has 0 saturated heterocycles. The third-order valence-corrected chi connectivity index (χ3v) is 5.28. The van der Waals surface area contributed by atoms with Gasteiger partial charge in [-0.05, 0) is 36.8 Å². The molecule has 1 aliphatic heterocycles. The minimum atomic E-state index is -3.71. The molecule has 2 aromatic rings. The quantitative estimate of drug-likeness (QED) is 0.545. The molecule has 0 spiro atoms. The van der Waals surface area contributed by atoms with Crippen LogP contribution in [0.25, 0.3) is 5.57 Å². The molecule has 0 unspecified atom stereocenters. The number of carbonyl (C=O) groups excluding carboxylic acids is 1. The van der Waals surface area contributed by atoms with Gasteiger partial charge in [-0.25, -0.2) is 13.2 Å². The van der Waals surface area contributed by atoms with Crippen LogP contribution in [0.4, 0.5) is 0 Å². The maximum atomic E-state index is 12.7. The van der Waals surface area contributed by atoms with Gasteiger partial charge in [0.2, 0.25) is 9.84 Å². The number of ether oxygens (including phenoxy) is 2. The van der Waals surface area contributed by atoms with E-state index < -0.39 is 15.8 Å². The van der Waals surface area contributed by atoms with Crippen molar-refractivity contribution in [2.24, 2.45) is 0 Å². The highest BCUT2D eigenvalue weighted by atomic mass is 32.2. The van der Waals surface area contributed by atoms with Crippen LogP contribution in [0.2, 0.25) is 0 Å². The molecule has 118 valence electrons. The van der Waals surface area contributed by atoms with E-state index in [1.807, 2.05) is 0 Å². The van der Waals surface area contributed by atoms with Gasteiger partial charge in [0.1, 0.15) is 21.3 Å². The molecule has 0 amide bonds. The first kappa shape index (κ1) is 15.3. The molecule has 0 fully saturated rings. The summed E-state index contributed by atoms with van der Waals surface area (Å²) in [6.45, 7) is 5.58. The molecule has 23 heavy (non-hydrogen) atoms. The van der Waals surface area contributed by atoms with Crippen molar-refractivity contribution in [1.29, 1.82) is 0 Å². The first-order chi connectivity index (χ1) is 10.9. The Balaban J connectivity index is 2.09. The molecule has 0 radical (unpaired) electrons. The summed E-state index contributed by atoms with van der Waals surface area (Å²) in [6.07, 6.45) is 0. The molecular weight excluding hydrogens is 316 g/mol. The lowest BCUT2D eigenvalue weighted by Crippen LogP contribution is -2.12. The smallest absolute Gasteiger partial charge is 0.338 e. The van der Waals surface area contributed by atoms with Crippen LogP contribution in [-0.4, -0.2) is 21.0 Å². The summed E-state index contributed by atoms with van der Waals surface area (Å²) in [6, 6.07) is 10.9. The normalized spacial score (nSPS) is 14.1. The summed E-state index contributed by atoms with van der Waals surface area (Å²) in [4.78, 5) is 11.9. The maximum absolute atomic E-state index is 12.7. The Bertz CT molecular complexity index is 912. The lowest BCUT2D eigenvalue weighted by molar-refractivity contribution is -0.136. The van der Waals surface area contributed by atoms with E-state index in [1.165, 1.54) is 18.2 Å². The van der Waals surface area contributed by atoms with Crippen molar-refractivity contribution < 1.29 is 22.7 Å². The fraction of sp³-hybridized carbons (Fsp3) is 0.118. The molecule has 1 aliphatic rings. The number of hydrogen-bond donors (Lipinski definition) is 0. The molecule has 0 bridgehead atoms. The number of benzene rings is 2. The summed E-state index contributed by atoms with van der Waals surface area (Å²) in [5.41, 5.74) is 0.484. The van der Waals surface area contributed by atoms with Gasteiger partial charge in [0.25, 0.3) is 0 Å². The third kappa shape index (κ3) is 2.51. The second-order valence-corrected chi connectivity index (χ2v) is 6.80. The van der Waals surface area contributed by atoms with Crippen LogP contribution in [0, 0.1) is 0 Å². The van der Waals surface area contributed by atoms with E-state index in [4.69, 9.17) is 9.47 Å². The average molecular weight is 330 g/mol. The van der Waals surface area contributed by atoms with E-state index >= 15 is 0 Å². The highest BCUT2D eigenvalue weighted by molar-refractivity contribution is 7.91. The van der Waals surface area contributed by atoms with Crippen molar-refractivity contribution in [3.8, 4) is 11.5 Å². The molecule has 0 N–H and O–H groups in total. The standard InChI is InChI=1S/C17H14O5S/c1-3-21-17(18)11(2)12-8-9-14-16(10-12)23(19,20)15-7-5-4-6-13(15)22-14/h4-10H,2-3H2,1H3. The summed E-state index contributed by atoms with van der Waals surface area (Å²) in [5, 5.41) is 0. The predicted octanol–water partition coefficient (Wildman–Crippen LogP) is 3.20. The summed E-state index contributed by atoms with van der Waals surface area (Å²) >= 11 is 0. The fourth-order valence-electron chi connectivity index (χ4n) is 2.32. The zero-order valence-electron chi connectivity index (χ0n) is 12.4. The van der Waals surface area contributed by atoms with Crippen molar-refractivity contribution in [3.05, 3.63) is 54.6 Å². The lowest BCUT2D eigenvalue weighted by Gasteiger charge is -2.20. The van der Waals surface area contributed by atoms with E-state index in [0.717, 1.165) is 0 Å². The number of esters is 1. The van der Waals surface area contributed by atoms with Crippen LogP contribution in [0.5, 0.6) is 11.5 Å². The van der Waals surface area contributed by atoms with Crippen LogP contribution in [0.15, 0.2) is 58.8 Å². The molecular formula is C17H14O5S. The monoisotopic (exact) mass is 330 g/mol. The van der Waals surface area contributed by atoms with Crippen LogP contribution in [0.3, 0.4) is 0 Å². The average Bonchev–Trinajstić information content (AvgIpc) is 2.54. The summed E-state index contributed by atoms with van der Waals surface area (Å²) in [7, 11) is -3.71. The predicted molar refractivity (Wildman–Crippen MR) is 84.1 cm³/mol. The Hall–Kier alpha value is -2.60. The van der Waals surface area contributed by atoms with Crippen LogP contribution in [0.1, 0.15) is 12.5 Å². The minimum absolute atomic E-state index is 0.0131. The molecule has 0 aliphatic carbocycles. The Morgan fingerprint density at radius 1 is 1.13 bits per heavy atom. The van der Waals surface area contributed by atoms with Crippen molar-refractivity contribution in [1.82, 2.24) is 0 Å². The second-order valence-electron chi connectivity index (χ2n) is 4.91. The van der Waals surface area contributed by atoms with Gasteiger partial charge in [-0.1, -0.05) is 24.8 Å². The second kappa shape index (κ2) is 5.55. The van der Waals surface area contributed by atoms with Crippen LogP contribution >= 0.6 is 0 Å². The van der Waals surface area contributed by atoms with Crippen LogP contribution < -0.4 is 4.74 Å². The van der Waals surface area contributed by atoms with E-state index in [1.54, 1.807) is 31.2 Å². The highest BCUT2D eigenvalue weighted by Gasteiger charge is 2.31. The van der Waals surface area contributed by atoms with E-state index in [0.29, 0.717) is 5.56 Å². The largest absolute Gasteiger partial charge is 0.462 e. The van der Waals surface area contributed by atoms with Gasteiger partial charge in [0.05, 0.1) is 12.2 Å². The SMILES string of the molecule is C=C(C(=O)OCC)c1ccc2c(c1)S(=O)(=O)c1ccccc1O2. The number of para-hydroxylation sites is 1. The van der Waals surface area contributed by atoms with Gasteiger partial charge < -0.3 is 9.47 Å². The van der Waals surface area contributed by atoms with Crippen molar-refractivity contribution in [2.75, 3.05) is 6.61 Å². The molecule has 3 rings (SSSR count). The number of carbonyl (C=O) groups is 1. The van der Waals surface area contributed by atoms with Gasteiger partial charge in [0, 0.05) is 0 Å². The highest BCUT2D eigenvalue weighted by Crippen LogP contribution is 2.43. The lowest BCUT2D eigenvalue weighted by atomic mass is 10.1. The number of sulfone groups is 1. The molecule has 5 nitrogen and oxygen atoms in total. The van der Waals surface area contributed by atoms with Gasteiger partial charge in [-0.15, -0.1) is 0 Å². The first-order valence-electron chi connectivity index (χ1n) is 6.97. The Morgan fingerprint density at radius 3 is 2.57 bits per heavy atom. The van der Waals surface area contributed by atoms with Crippen LogP contribution in [-0.2, 0) is 19.4 Å².